The van der Waals surface area contributed by atoms with E-state index in [0.717, 1.165) is 18.1 Å². The summed E-state index contributed by atoms with van der Waals surface area (Å²) >= 11 is 1.15. The van der Waals surface area contributed by atoms with Crippen LogP contribution in [0.25, 0.3) is 0 Å². The molecule has 26 heavy (non-hydrogen) atoms. The van der Waals surface area contributed by atoms with Gasteiger partial charge in [0.25, 0.3) is 5.69 Å². The van der Waals surface area contributed by atoms with Gasteiger partial charge in [0.1, 0.15) is 12.0 Å². The number of aliphatic carboxylic acids is 1. The zero-order valence-electron chi connectivity index (χ0n) is 13.9. The molecular weight excluding hydrogens is 366 g/mol. The molecule has 0 unspecified atom stereocenters. The number of rotatable bonds is 10. The molecule has 0 aliphatic heterocycles. The van der Waals surface area contributed by atoms with Crippen LogP contribution in [-0.2, 0) is 14.4 Å². The lowest BCUT2D eigenvalue weighted by atomic mass is 10.1. The number of nitro groups is 1. The van der Waals surface area contributed by atoms with Crippen LogP contribution in [0.1, 0.15) is 25.7 Å². The van der Waals surface area contributed by atoms with E-state index in [1.165, 1.54) is 12.1 Å². The van der Waals surface area contributed by atoms with E-state index in [9.17, 15) is 24.5 Å². The van der Waals surface area contributed by atoms with Gasteiger partial charge in [-0.25, -0.2) is 9.78 Å². The summed E-state index contributed by atoms with van der Waals surface area (Å²) in [7, 11) is 0. The van der Waals surface area contributed by atoms with E-state index < -0.39 is 16.7 Å². The molecule has 0 saturated heterocycles. The predicted octanol–water partition coefficient (Wildman–Crippen LogP) is 0.496. The van der Waals surface area contributed by atoms with Gasteiger partial charge in [-0.1, -0.05) is 11.9 Å². The molecule has 1 rings (SSSR count). The molecule has 1 aromatic rings. The third kappa shape index (κ3) is 11.8. The van der Waals surface area contributed by atoms with E-state index >= 15 is 0 Å². The van der Waals surface area contributed by atoms with Crippen molar-refractivity contribution in [2.75, 3.05) is 18.0 Å². The number of nitrogens with two attached hydrogens (primary N) is 2. The molecule has 0 fully saturated rings. The van der Waals surface area contributed by atoms with E-state index in [-0.39, 0.29) is 23.8 Å². The number of hydrogen-bond acceptors (Lipinski definition) is 9. The van der Waals surface area contributed by atoms with Gasteiger partial charge in [0.2, 0.25) is 11.7 Å². The number of hydrogen-bond donors (Lipinski definition) is 4. The zero-order valence-corrected chi connectivity index (χ0v) is 14.7. The molecule has 0 aromatic carbocycles. The molecule has 11 nitrogen and oxygen atoms in total. The lowest BCUT2D eigenvalue weighted by Gasteiger charge is -2.02. The Bertz CT molecular complexity index is 610. The maximum atomic E-state index is 11.1. The van der Waals surface area contributed by atoms with Gasteiger partial charge in [0.15, 0.2) is 0 Å². The van der Waals surface area contributed by atoms with Gasteiger partial charge in [0, 0.05) is 31.2 Å². The van der Waals surface area contributed by atoms with Gasteiger partial charge >= 0.3 is 5.97 Å². The topological polar surface area (TPSA) is 192 Å². The number of pyridine rings is 1. The predicted molar refractivity (Wildman–Crippen MR) is 96.1 cm³/mol. The Morgan fingerprint density at radius 1 is 1.27 bits per heavy atom. The highest BCUT2D eigenvalue weighted by atomic mass is 32.2. The average molecular weight is 387 g/mol. The van der Waals surface area contributed by atoms with Gasteiger partial charge < -0.3 is 16.2 Å². The third-order valence-corrected chi connectivity index (χ3v) is 3.26. The largest absolute Gasteiger partial charge is 0.476 e. The molecular formula is C14H21N5O6S. The molecule has 0 aliphatic carbocycles. The highest BCUT2D eigenvalue weighted by molar-refractivity contribution is 7.97. The average Bonchev–Trinajstić information content (AvgIpc) is 2.59. The molecule has 6 N–H and O–H groups in total. The monoisotopic (exact) mass is 387 g/mol. The number of carboxylic acid groups (broad SMARTS) is 1. The standard InChI is InChI=1S/C9H16N2O4S.C5H5N3O2/c10-16-6-5-11-8(13)4-2-1-3-7(12)9(14)15;6-5-2-1-4(3-7-5)8(9)10/h1-6,10H2,(H,11,13)(H,14,15);1-3H,(H2,6,7). The van der Waals surface area contributed by atoms with Crippen molar-refractivity contribution in [3.8, 4) is 0 Å². The summed E-state index contributed by atoms with van der Waals surface area (Å²) < 4.78 is 0. The van der Waals surface area contributed by atoms with Crippen molar-refractivity contribution in [1.29, 1.82) is 0 Å². The first-order chi connectivity index (χ1) is 12.3. The second-order valence-electron chi connectivity index (χ2n) is 4.85. The lowest BCUT2D eigenvalue weighted by Crippen LogP contribution is -2.25. The van der Waals surface area contributed by atoms with Crippen LogP contribution in [0, 0.1) is 10.1 Å². The Balaban J connectivity index is 0.000000531. The SMILES string of the molecule is NSCCNC(=O)CCCCC(=O)C(=O)O.Nc1ccc([N+](=O)[O-])cn1. The normalized spacial score (nSPS) is 9.58. The van der Waals surface area contributed by atoms with E-state index in [4.69, 9.17) is 16.0 Å². The quantitative estimate of drug-likeness (QED) is 0.144. The van der Waals surface area contributed by atoms with Crippen molar-refractivity contribution in [3.63, 3.8) is 0 Å². The van der Waals surface area contributed by atoms with Crippen LogP contribution in [0.15, 0.2) is 18.3 Å². The molecule has 0 aliphatic rings. The Labute approximate surface area is 153 Å². The zero-order chi connectivity index (χ0) is 19.9. The van der Waals surface area contributed by atoms with Crippen LogP contribution in [-0.4, -0.2) is 45.0 Å². The number of nitrogen functional groups attached to an aromatic ring is 1. The van der Waals surface area contributed by atoms with Crippen LogP contribution >= 0.6 is 11.9 Å². The number of carbonyl (C=O) groups is 3. The molecule has 0 atom stereocenters. The van der Waals surface area contributed by atoms with Crippen molar-refractivity contribution < 1.29 is 24.4 Å². The van der Waals surface area contributed by atoms with E-state index in [2.05, 4.69) is 10.3 Å². The van der Waals surface area contributed by atoms with Gasteiger partial charge in [-0.3, -0.25) is 24.8 Å². The summed E-state index contributed by atoms with van der Waals surface area (Å²) in [5, 5.41) is 26.2. The highest BCUT2D eigenvalue weighted by Crippen LogP contribution is 2.08. The number of nitrogens with one attached hydrogen (secondary N) is 1. The minimum atomic E-state index is -1.41. The molecule has 1 heterocycles. The van der Waals surface area contributed by atoms with Gasteiger partial charge in [-0.2, -0.15) is 0 Å². The van der Waals surface area contributed by atoms with Crippen LogP contribution < -0.4 is 16.2 Å². The van der Waals surface area contributed by atoms with E-state index in [0.29, 0.717) is 31.6 Å². The maximum absolute atomic E-state index is 11.1. The first-order valence-corrected chi connectivity index (χ1v) is 8.53. The Morgan fingerprint density at radius 2 is 1.92 bits per heavy atom. The van der Waals surface area contributed by atoms with Gasteiger partial charge in [-0.15, -0.1) is 0 Å². The first kappa shape index (κ1) is 23.3. The Hall–Kier alpha value is -2.73. The fourth-order valence-electron chi connectivity index (χ4n) is 1.52. The number of Topliss-reactive ketones (excluding diaryl/α,β-unsaturated/α-hetero) is 1. The molecule has 1 aromatic heterocycles. The third-order valence-electron chi connectivity index (χ3n) is 2.82. The second-order valence-corrected chi connectivity index (χ2v) is 5.60. The first-order valence-electron chi connectivity index (χ1n) is 7.48. The fourth-order valence-corrected chi connectivity index (χ4v) is 1.74. The van der Waals surface area contributed by atoms with Gasteiger partial charge in [-0.05, 0) is 18.9 Å². The number of carboxylic acids is 1. The molecule has 0 saturated carbocycles. The number of ketones is 1. The van der Waals surface area contributed by atoms with Crippen LogP contribution in [0.2, 0.25) is 0 Å². The maximum Gasteiger partial charge on any atom is 0.372 e. The summed E-state index contributed by atoms with van der Waals surface area (Å²) in [6.45, 7) is 0.522. The Kier molecular flexibility index (Phi) is 12.1. The highest BCUT2D eigenvalue weighted by Gasteiger charge is 2.10. The number of carbonyl (C=O) groups excluding carboxylic acids is 2. The van der Waals surface area contributed by atoms with Crippen LogP contribution in [0.5, 0.6) is 0 Å². The number of unbranched alkanes of at least 4 members (excludes halogenated alkanes) is 1. The van der Waals surface area contributed by atoms with Crippen molar-refractivity contribution in [3.05, 3.63) is 28.4 Å². The second kappa shape index (κ2) is 13.5. The lowest BCUT2D eigenvalue weighted by molar-refractivity contribution is -0.385. The minimum Gasteiger partial charge on any atom is -0.476 e. The molecule has 12 heteroatoms. The molecule has 0 bridgehead atoms. The summed E-state index contributed by atoms with van der Waals surface area (Å²) in [5.41, 5.74) is 5.15. The summed E-state index contributed by atoms with van der Waals surface area (Å²) in [4.78, 5) is 45.0. The molecule has 1 amide bonds. The van der Waals surface area contributed by atoms with Crippen molar-refractivity contribution in [2.45, 2.75) is 25.7 Å². The van der Waals surface area contributed by atoms with Crippen molar-refractivity contribution in [2.24, 2.45) is 5.14 Å². The van der Waals surface area contributed by atoms with Crippen molar-refractivity contribution in [1.82, 2.24) is 10.3 Å². The number of aromatic nitrogens is 1. The number of anilines is 1. The van der Waals surface area contributed by atoms with Crippen LogP contribution in [0.4, 0.5) is 11.5 Å². The molecule has 0 spiro atoms. The smallest absolute Gasteiger partial charge is 0.372 e. The van der Waals surface area contributed by atoms with Crippen LogP contribution in [0.3, 0.4) is 0 Å². The fraction of sp³-hybridized carbons (Fsp3) is 0.429. The summed E-state index contributed by atoms with van der Waals surface area (Å²) in [5.74, 6) is -1.38. The Morgan fingerprint density at radius 3 is 2.42 bits per heavy atom. The van der Waals surface area contributed by atoms with Crippen molar-refractivity contribution >= 4 is 41.1 Å². The summed E-state index contributed by atoms with van der Waals surface area (Å²) in [6, 6.07) is 2.69. The van der Waals surface area contributed by atoms with E-state index in [1.807, 2.05) is 0 Å². The molecule has 144 valence electrons. The number of nitrogens with zero attached hydrogens (tertiary/aromatic N) is 2. The molecule has 0 radical (unpaired) electrons. The summed E-state index contributed by atoms with van der Waals surface area (Å²) in [6.07, 6.45) is 2.35. The minimum absolute atomic E-state index is 0.0126. The van der Waals surface area contributed by atoms with Gasteiger partial charge in [0.05, 0.1) is 4.92 Å². The van der Waals surface area contributed by atoms with E-state index in [1.54, 1.807) is 0 Å². The number of amides is 1.